The lowest BCUT2D eigenvalue weighted by atomic mass is 9.97. The maximum absolute atomic E-state index is 6.30. The van der Waals surface area contributed by atoms with E-state index >= 15 is 0 Å². The Bertz CT molecular complexity index is 790. The summed E-state index contributed by atoms with van der Waals surface area (Å²) in [5, 5.41) is 1.86. The number of para-hydroxylation sites is 3. The smallest absolute Gasteiger partial charge is 0.188 e. The van der Waals surface area contributed by atoms with E-state index in [2.05, 4.69) is 6.92 Å². The quantitative estimate of drug-likeness (QED) is 0.567. The van der Waals surface area contributed by atoms with Gasteiger partial charge in [0.25, 0.3) is 0 Å². The monoisotopic (exact) mass is 375 g/mol. The molecule has 0 N–H and O–H groups in total. The molecule has 1 heterocycles. The molecule has 3 aromatic rings. The van der Waals surface area contributed by atoms with Crippen LogP contribution in [-0.2, 0) is 0 Å². The molecule has 1 aliphatic heterocycles. The van der Waals surface area contributed by atoms with Gasteiger partial charge in [-0.2, -0.15) is 0 Å². The molecule has 1 aliphatic rings. The van der Waals surface area contributed by atoms with Crippen molar-refractivity contribution in [2.24, 2.45) is 5.92 Å². The molecule has 0 spiro atoms. The van der Waals surface area contributed by atoms with Gasteiger partial charge in [-0.3, -0.25) is 0 Å². The van der Waals surface area contributed by atoms with Crippen LogP contribution in [0, 0.1) is 5.92 Å². The molecule has 0 aliphatic carbocycles. The standard InChI is InChI=1S/C24H25NO3/c1-19-17-23(26-20-11-5-2-6-12-20)25(28-22-15-9-4-10-16-22)24(18-19)27-21-13-7-3-8-14-21/h2-16,19,23-24H,17-18H2,1H3. The maximum Gasteiger partial charge on any atom is 0.188 e. The van der Waals surface area contributed by atoms with E-state index in [1.807, 2.05) is 96.1 Å². The SMILES string of the molecule is CC1CC(Oc2ccccc2)N(Oc2ccccc2)C(Oc2ccccc2)C1. The lowest BCUT2D eigenvalue weighted by Gasteiger charge is -2.42. The molecule has 1 fully saturated rings. The van der Waals surface area contributed by atoms with Crippen LogP contribution in [0.1, 0.15) is 19.8 Å². The Kier molecular flexibility index (Phi) is 5.78. The predicted molar refractivity (Wildman–Crippen MR) is 109 cm³/mol. The number of hydroxylamine groups is 2. The second-order valence-corrected chi connectivity index (χ2v) is 7.11. The molecule has 28 heavy (non-hydrogen) atoms. The fraction of sp³-hybridized carbons (Fsp3) is 0.250. The number of nitrogens with zero attached hydrogens (tertiary/aromatic N) is 1. The Hall–Kier alpha value is -2.98. The zero-order valence-electron chi connectivity index (χ0n) is 16.0. The first-order chi connectivity index (χ1) is 13.8. The molecule has 144 valence electrons. The van der Waals surface area contributed by atoms with Gasteiger partial charge in [0.15, 0.2) is 12.5 Å². The Labute approximate surface area is 166 Å². The highest BCUT2D eigenvalue weighted by Gasteiger charge is 2.39. The number of benzene rings is 3. The van der Waals surface area contributed by atoms with E-state index in [4.69, 9.17) is 14.3 Å². The summed E-state index contributed by atoms with van der Waals surface area (Å²) in [4.78, 5) is 6.26. The van der Waals surface area contributed by atoms with E-state index < -0.39 is 0 Å². The van der Waals surface area contributed by atoms with Gasteiger partial charge in [0.2, 0.25) is 0 Å². The van der Waals surface area contributed by atoms with Crippen molar-refractivity contribution in [3.05, 3.63) is 91.0 Å². The molecule has 0 radical (unpaired) electrons. The summed E-state index contributed by atoms with van der Waals surface area (Å²) in [6, 6.07) is 29.5. The Morgan fingerprint density at radius 1 is 0.607 bits per heavy atom. The molecular formula is C24H25NO3. The van der Waals surface area contributed by atoms with Gasteiger partial charge in [0, 0.05) is 12.8 Å². The van der Waals surface area contributed by atoms with E-state index in [0.717, 1.165) is 30.1 Å². The third-order valence-corrected chi connectivity index (χ3v) is 4.76. The first kappa shape index (κ1) is 18.4. The van der Waals surface area contributed by atoms with Crippen molar-refractivity contribution in [1.82, 2.24) is 5.06 Å². The van der Waals surface area contributed by atoms with Crippen LogP contribution in [0.3, 0.4) is 0 Å². The Balaban J connectivity index is 1.60. The Morgan fingerprint density at radius 3 is 1.43 bits per heavy atom. The lowest BCUT2D eigenvalue weighted by molar-refractivity contribution is -0.257. The minimum Gasteiger partial charge on any atom is -0.472 e. The van der Waals surface area contributed by atoms with Gasteiger partial charge in [-0.1, -0.05) is 66.6 Å². The number of piperidine rings is 1. The van der Waals surface area contributed by atoms with E-state index in [9.17, 15) is 0 Å². The molecule has 2 unspecified atom stereocenters. The third kappa shape index (κ3) is 4.65. The van der Waals surface area contributed by atoms with E-state index in [1.54, 1.807) is 0 Å². The summed E-state index contributed by atoms with van der Waals surface area (Å²) in [6.45, 7) is 2.22. The van der Waals surface area contributed by atoms with Gasteiger partial charge in [0.1, 0.15) is 17.2 Å². The molecule has 3 aromatic carbocycles. The second-order valence-electron chi connectivity index (χ2n) is 7.11. The van der Waals surface area contributed by atoms with Gasteiger partial charge >= 0.3 is 0 Å². The van der Waals surface area contributed by atoms with Crippen LogP contribution in [-0.4, -0.2) is 17.5 Å². The van der Waals surface area contributed by atoms with Crippen molar-refractivity contribution in [1.29, 1.82) is 0 Å². The first-order valence-electron chi connectivity index (χ1n) is 9.73. The molecule has 0 saturated carbocycles. The van der Waals surface area contributed by atoms with Crippen LogP contribution in [0.25, 0.3) is 0 Å². The van der Waals surface area contributed by atoms with Gasteiger partial charge in [-0.25, -0.2) is 0 Å². The maximum atomic E-state index is 6.30. The normalized spacial score (nSPS) is 22.4. The molecule has 2 atom stereocenters. The van der Waals surface area contributed by atoms with Crippen molar-refractivity contribution in [3.63, 3.8) is 0 Å². The number of hydrogen-bond acceptors (Lipinski definition) is 4. The van der Waals surface area contributed by atoms with E-state index in [-0.39, 0.29) is 12.5 Å². The summed E-state index contributed by atoms with van der Waals surface area (Å²) in [5.41, 5.74) is 0. The highest BCUT2D eigenvalue weighted by Crippen LogP contribution is 2.32. The highest BCUT2D eigenvalue weighted by molar-refractivity contribution is 5.23. The van der Waals surface area contributed by atoms with Gasteiger partial charge in [0.05, 0.1) is 0 Å². The van der Waals surface area contributed by atoms with Crippen LogP contribution >= 0.6 is 0 Å². The zero-order valence-corrected chi connectivity index (χ0v) is 16.0. The van der Waals surface area contributed by atoms with Crippen LogP contribution < -0.4 is 14.3 Å². The van der Waals surface area contributed by atoms with Crippen molar-refractivity contribution in [2.45, 2.75) is 32.2 Å². The molecule has 1 saturated heterocycles. The summed E-state index contributed by atoms with van der Waals surface area (Å²) in [5.74, 6) is 2.85. The van der Waals surface area contributed by atoms with Crippen molar-refractivity contribution < 1.29 is 14.3 Å². The fourth-order valence-corrected chi connectivity index (χ4v) is 3.41. The predicted octanol–water partition coefficient (Wildman–Crippen LogP) is 5.52. The minimum absolute atomic E-state index is 0.250. The molecule has 4 heteroatoms. The molecule has 0 amide bonds. The van der Waals surface area contributed by atoms with Crippen LogP contribution in [0.2, 0.25) is 0 Å². The third-order valence-electron chi connectivity index (χ3n) is 4.76. The molecular weight excluding hydrogens is 350 g/mol. The fourth-order valence-electron chi connectivity index (χ4n) is 3.41. The topological polar surface area (TPSA) is 30.9 Å². The highest BCUT2D eigenvalue weighted by atomic mass is 16.7. The van der Waals surface area contributed by atoms with Crippen LogP contribution in [0.15, 0.2) is 91.0 Å². The molecule has 4 rings (SSSR count). The van der Waals surface area contributed by atoms with Gasteiger partial charge in [-0.15, -0.1) is 0 Å². The van der Waals surface area contributed by atoms with Gasteiger partial charge in [-0.05, 0) is 42.3 Å². The molecule has 4 nitrogen and oxygen atoms in total. The minimum atomic E-state index is -0.250. The summed E-state index contributed by atoms with van der Waals surface area (Å²) in [7, 11) is 0. The number of ether oxygens (including phenoxy) is 2. The van der Waals surface area contributed by atoms with Crippen molar-refractivity contribution in [2.75, 3.05) is 0 Å². The second kappa shape index (κ2) is 8.81. The summed E-state index contributed by atoms with van der Waals surface area (Å²) >= 11 is 0. The largest absolute Gasteiger partial charge is 0.472 e. The number of hydrogen-bond donors (Lipinski definition) is 0. The zero-order chi connectivity index (χ0) is 19.2. The summed E-state index contributed by atoms with van der Waals surface area (Å²) in [6.07, 6.45) is 1.22. The molecule has 0 bridgehead atoms. The first-order valence-corrected chi connectivity index (χ1v) is 9.73. The van der Waals surface area contributed by atoms with Crippen LogP contribution in [0.5, 0.6) is 17.2 Å². The molecule has 0 aromatic heterocycles. The van der Waals surface area contributed by atoms with Crippen LogP contribution in [0.4, 0.5) is 0 Å². The van der Waals surface area contributed by atoms with Crippen molar-refractivity contribution in [3.8, 4) is 17.2 Å². The van der Waals surface area contributed by atoms with Gasteiger partial charge < -0.3 is 14.3 Å². The average molecular weight is 375 g/mol. The lowest BCUT2D eigenvalue weighted by Crippen LogP contribution is -2.55. The average Bonchev–Trinajstić information content (AvgIpc) is 2.73. The van der Waals surface area contributed by atoms with E-state index in [0.29, 0.717) is 5.92 Å². The number of rotatable bonds is 6. The Morgan fingerprint density at radius 2 is 1.00 bits per heavy atom. The summed E-state index contributed by atoms with van der Waals surface area (Å²) < 4.78 is 12.6. The van der Waals surface area contributed by atoms with Crippen molar-refractivity contribution >= 4 is 0 Å². The van der Waals surface area contributed by atoms with E-state index in [1.165, 1.54) is 0 Å².